The summed E-state index contributed by atoms with van der Waals surface area (Å²) >= 11 is 2.65. The van der Waals surface area contributed by atoms with Crippen LogP contribution in [0.1, 0.15) is 52.1 Å². The molecule has 0 bridgehead atoms. The number of thiazole rings is 1. The Hall–Kier alpha value is -5.84. The molecule has 52 heavy (non-hydrogen) atoms. The predicted octanol–water partition coefficient (Wildman–Crippen LogP) is 9.95. The van der Waals surface area contributed by atoms with Crippen LogP contribution in [0.4, 0.5) is 15.2 Å². The Labute approximate surface area is 310 Å². The number of nitrogens with one attached hydrogen (secondary N) is 3. The summed E-state index contributed by atoms with van der Waals surface area (Å²) in [4.78, 5) is 45.7. The molecule has 5 aromatic carbocycles. The summed E-state index contributed by atoms with van der Waals surface area (Å²) in [7, 11) is 0. The molecule has 6 aromatic rings. The van der Waals surface area contributed by atoms with Crippen molar-refractivity contribution in [3.8, 4) is 11.3 Å². The molecule has 6 rings (SSSR count). The Kier molecular flexibility index (Phi) is 11.7. The molecule has 10 heteroatoms. The molecule has 1 aromatic heterocycles. The minimum absolute atomic E-state index is 0.0928. The number of hydrogen-bond donors (Lipinski definition) is 3. The molecule has 0 spiro atoms. The average Bonchev–Trinajstić information content (AvgIpc) is 3.63. The largest absolute Gasteiger partial charge is 0.321 e. The summed E-state index contributed by atoms with van der Waals surface area (Å²) in [6.45, 7) is 4.22. The highest BCUT2D eigenvalue weighted by atomic mass is 32.2. The van der Waals surface area contributed by atoms with Crippen molar-refractivity contribution >= 4 is 57.7 Å². The maximum Gasteiger partial charge on any atom is 0.272 e. The Balaban J connectivity index is 1.17. The first-order chi connectivity index (χ1) is 25.2. The van der Waals surface area contributed by atoms with Gasteiger partial charge in [-0.1, -0.05) is 86.6 Å². The number of thioether (sulfide) groups is 1. The van der Waals surface area contributed by atoms with Gasteiger partial charge in [-0.3, -0.25) is 14.4 Å². The third kappa shape index (κ3) is 9.48. The fraction of sp³-hybridized carbons (Fsp3) is 0.0952. The van der Waals surface area contributed by atoms with Crippen LogP contribution in [0.5, 0.6) is 0 Å². The molecule has 3 N–H and O–H groups in total. The van der Waals surface area contributed by atoms with Crippen LogP contribution in [0, 0.1) is 5.82 Å². The summed E-state index contributed by atoms with van der Waals surface area (Å²) in [6, 6.07) is 39.2. The van der Waals surface area contributed by atoms with Crippen molar-refractivity contribution in [1.82, 2.24) is 10.3 Å². The molecule has 7 nitrogen and oxygen atoms in total. The fourth-order valence-electron chi connectivity index (χ4n) is 5.19. The number of carbonyl (C=O) groups is 3. The molecule has 1 unspecified atom stereocenters. The second-order valence-corrected chi connectivity index (χ2v) is 14.2. The van der Waals surface area contributed by atoms with E-state index in [0.717, 1.165) is 21.6 Å². The van der Waals surface area contributed by atoms with Gasteiger partial charge in [0, 0.05) is 27.1 Å². The van der Waals surface area contributed by atoms with Crippen molar-refractivity contribution in [3.05, 3.63) is 173 Å². The van der Waals surface area contributed by atoms with Gasteiger partial charge >= 0.3 is 0 Å². The van der Waals surface area contributed by atoms with Gasteiger partial charge in [-0.05, 0) is 89.3 Å². The SMILES string of the molecule is CC(C)c1ccc(/C=C(\NC(=O)c2ccccc2)C(=O)Nc2ccc(SC(C(=O)Nc3nc(-c4ccc(F)cc4)cs3)c3ccccc3)cc2)cc1. The third-order valence-corrected chi connectivity index (χ3v) is 10.0. The van der Waals surface area contributed by atoms with Crippen molar-refractivity contribution in [2.24, 2.45) is 0 Å². The highest BCUT2D eigenvalue weighted by Gasteiger charge is 2.24. The van der Waals surface area contributed by atoms with E-state index >= 15 is 0 Å². The van der Waals surface area contributed by atoms with E-state index in [-0.39, 0.29) is 17.4 Å². The quantitative estimate of drug-likeness (QED) is 0.0861. The molecule has 0 saturated carbocycles. The van der Waals surface area contributed by atoms with Gasteiger partial charge in [-0.2, -0.15) is 0 Å². The molecule has 0 radical (unpaired) electrons. The highest BCUT2D eigenvalue weighted by Crippen LogP contribution is 2.37. The Bertz CT molecular complexity index is 2170. The topological polar surface area (TPSA) is 100 Å². The molecule has 0 saturated heterocycles. The maximum absolute atomic E-state index is 13.7. The van der Waals surface area contributed by atoms with E-state index in [1.165, 1.54) is 40.8 Å². The average molecular weight is 727 g/mol. The lowest BCUT2D eigenvalue weighted by molar-refractivity contribution is -0.116. The molecule has 3 amide bonds. The molecule has 0 aliphatic heterocycles. The lowest BCUT2D eigenvalue weighted by atomic mass is 10.0. The van der Waals surface area contributed by atoms with E-state index in [9.17, 15) is 18.8 Å². The van der Waals surface area contributed by atoms with Crippen LogP contribution >= 0.6 is 23.1 Å². The summed E-state index contributed by atoms with van der Waals surface area (Å²) in [5.41, 5.74) is 5.17. The van der Waals surface area contributed by atoms with Crippen LogP contribution in [0.2, 0.25) is 0 Å². The second-order valence-electron chi connectivity index (χ2n) is 12.1. The summed E-state index contributed by atoms with van der Waals surface area (Å²) in [5, 5.41) is 10.3. The summed E-state index contributed by atoms with van der Waals surface area (Å²) in [6.07, 6.45) is 1.65. The third-order valence-electron chi connectivity index (χ3n) is 8.02. The van der Waals surface area contributed by atoms with Crippen molar-refractivity contribution in [2.75, 3.05) is 10.6 Å². The number of carbonyl (C=O) groups excluding carboxylic acids is 3. The van der Waals surface area contributed by atoms with Crippen LogP contribution in [-0.4, -0.2) is 22.7 Å². The first kappa shape index (κ1) is 36.0. The van der Waals surface area contributed by atoms with E-state index in [1.54, 1.807) is 54.6 Å². The van der Waals surface area contributed by atoms with Gasteiger partial charge in [0.15, 0.2) is 5.13 Å². The molecule has 1 heterocycles. The minimum atomic E-state index is -0.607. The van der Waals surface area contributed by atoms with Crippen LogP contribution in [-0.2, 0) is 9.59 Å². The zero-order chi connectivity index (χ0) is 36.5. The number of rotatable bonds is 12. The number of halogens is 1. The van der Waals surface area contributed by atoms with Crippen molar-refractivity contribution < 1.29 is 18.8 Å². The van der Waals surface area contributed by atoms with Crippen molar-refractivity contribution in [3.63, 3.8) is 0 Å². The predicted molar refractivity (Wildman–Crippen MR) is 209 cm³/mol. The highest BCUT2D eigenvalue weighted by molar-refractivity contribution is 8.00. The second kappa shape index (κ2) is 16.9. The Morgan fingerprint density at radius 1 is 0.750 bits per heavy atom. The van der Waals surface area contributed by atoms with Gasteiger partial charge in [0.25, 0.3) is 11.8 Å². The molecule has 260 valence electrons. The zero-order valence-corrected chi connectivity index (χ0v) is 30.0. The monoisotopic (exact) mass is 726 g/mol. The van der Waals surface area contributed by atoms with E-state index in [1.807, 2.05) is 78.2 Å². The molecule has 0 fully saturated rings. The van der Waals surface area contributed by atoms with Crippen LogP contribution in [0.3, 0.4) is 0 Å². The fourth-order valence-corrected chi connectivity index (χ4v) is 6.94. The Morgan fingerprint density at radius 2 is 1.40 bits per heavy atom. The van der Waals surface area contributed by atoms with Crippen LogP contribution in [0.25, 0.3) is 17.3 Å². The first-order valence-corrected chi connectivity index (χ1v) is 18.3. The molecular weight excluding hydrogens is 692 g/mol. The van der Waals surface area contributed by atoms with E-state index < -0.39 is 17.1 Å². The first-order valence-electron chi connectivity index (χ1n) is 16.6. The van der Waals surface area contributed by atoms with Crippen LogP contribution < -0.4 is 16.0 Å². The number of amides is 3. The molecule has 0 aliphatic rings. The molecule has 1 atom stereocenters. The molecule has 0 aliphatic carbocycles. The summed E-state index contributed by atoms with van der Waals surface area (Å²) in [5.74, 6) is -1.11. The van der Waals surface area contributed by atoms with Gasteiger partial charge in [0.05, 0.1) is 5.69 Å². The van der Waals surface area contributed by atoms with Gasteiger partial charge < -0.3 is 16.0 Å². The number of anilines is 2. The number of hydrogen-bond acceptors (Lipinski definition) is 6. The lowest BCUT2D eigenvalue weighted by Crippen LogP contribution is -2.30. The number of aromatic nitrogens is 1. The van der Waals surface area contributed by atoms with Crippen molar-refractivity contribution in [1.29, 1.82) is 0 Å². The van der Waals surface area contributed by atoms with E-state index in [0.29, 0.717) is 28.0 Å². The normalized spacial score (nSPS) is 11.9. The van der Waals surface area contributed by atoms with Gasteiger partial charge in [0.2, 0.25) is 5.91 Å². The zero-order valence-electron chi connectivity index (χ0n) is 28.4. The van der Waals surface area contributed by atoms with Gasteiger partial charge in [-0.15, -0.1) is 23.1 Å². The standard InChI is InChI=1S/C42H35FN4O3S2/c1-27(2)29-15-13-28(14-16-29)25-36(45-39(48)32-11-7-4-8-12-32)40(49)44-34-21-23-35(24-22-34)52-38(31-9-5-3-6-10-31)41(50)47-42-46-37(26-51-42)30-17-19-33(43)20-18-30/h3-27,38H,1-2H3,(H,44,49)(H,45,48)(H,46,47,50)/b36-25-. The van der Waals surface area contributed by atoms with Crippen LogP contribution in [0.15, 0.2) is 149 Å². The maximum atomic E-state index is 13.7. The summed E-state index contributed by atoms with van der Waals surface area (Å²) < 4.78 is 13.4. The van der Waals surface area contributed by atoms with Crippen molar-refractivity contribution in [2.45, 2.75) is 29.9 Å². The number of nitrogens with zero attached hydrogens (tertiary/aromatic N) is 1. The van der Waals surface area contributed by atoms with Gasteiger partial charge in [-0.25, -0.2) is 9.37 Å². The smallest absolute Gasteiger partial charge is 0.272 e. The van der Waals surface area contributed by atoms with Gasteiger partial charge in [0.1, 0.15) is 16.8 Å². The van der Waals surface area contributed by atoms with E-state index in [4.69, 9.17) is 0 Å². The Morgan fingerprint density at radius 3 is 2.06 bits per heavy atom. The van der Waals surface area contributed by atoms with E-state index in [2.05, 4.69) is 34.8 Å². The number of benzene rings is 5. The lowest BCUT2D eigenvalue weighted by Gasteiger charge is -2.17. The molecular formula is C42H35FN4O3S2. The minimum Gasteiger partial charge on any atom is -0.321 e.